The first kappa shape index (κ1) is 18.5. The van der Waals surface area contributed by atoms with Crippen molar-refractivity contribution in [2.75, 3.05) is 26.7 Å². The molecule has 0 bridgehead atoms. The largest absolute Gasteiger partial charge is 0.357 e. The molecule has 0 aromatic carbocycles. The number of unbranched alkanes of at least 4 members (excludes halogenated alkanes) is 1. The summed E-state index contributed by atoms with van der Waals surface area (Å²) in [6.45, 7) is 6.20. The molecule has 1 aliphatic rings. The number of nitrogens with zero attached hydrogens (tertiary/aromatic N) is 2. The molecule has 1 amide bonds. The summed E-state index contributed by atoms with van der Waals surface area (Å²) in [5, 5.41) is 6.15. The Bertz CT molecular complexity index is 292. The number of hydrogen-bond donors (Lipinski definition) is 2. The fraction of sp³-hybridized carbons (Fsp3) is 0.846. The van der Waals surface area contributed by atoms with Crippen molar-refractivity contribution in [1.82, 2.24) is 15.5 Å². The fourth-order valence-electron chi connectivity index (χ4n) is 1.62. The zero-order valence-electron chi connectivity index (χ0n) is 12.2. The Hall–Kier alpha value is -0.530. The Balaban J connectivity index is 0.00000324. The summed E-state index contributed by atoms with van der Waals surface area (Å²) in [5.74, 6) is 0.841. The number of rotatable bonds is 7. The lowest BCUT2D eigenvalue weighted by molar-refractivity contribution is -0.119. The smallest absolute Gasteiger partial charge is 0.242 e. The number of carbonyl (C=O) groups is 1. The van der Waals surface area contributed by atoms with Crippen LogP contribution in [0.2, 0.25) is 0 Å². The van der Waals surface area contributed by atoms with Gasteiger partial charge < -0.3 is 15.5 Å². The molecule has 1 saturated carbocycles. The number of carbonyl (C=O) groups excluding carboxylic acids is 1. The lowest BCUT2D eigenvalue weighted by Crippen LogP contribution is -2.40. The van der Waals surface area contributed by atoms with Gasteiger partial charge in [-0.3, -0.25) is 4.79 Å². The van der Waals surface area contributed by atoms with Crippen LogP contribution in [-0.2, 0) is 4.79 Å². The van der Waals surface area contributed by atoms with E-state index in [4.69, 9.17) is 0 Å². The van der Waals surface area contributed by atoms with Crippen LogP contribution in [0.3, 0.4) is 0 Å². The van der Waals surface area contributed by atoms with Gasteiger partial charge in [-0.1, -0.05) is 13.3 Å². The van der Waals surface area contributed by atoms with Crippen LogP contribution in [0.15, 0.2) is 4.99 Å². The van der Waals surface area contributed by atoms with Crippen LogP contribution < -0.4 is 10.6 Å². The van der Waals surface area contributed by atoms with E-state index >= 15 is 0 Å². The van der Waals surface area contributed by atoms with Gasteiger partial charge in [0, 0.05) is 26.2 Å². The number of amides is 1. The molecule has 1 aliphatic carbocycles. The molecular formula is C13H27IN4O. The topological polar surface area (TPSA) is 56.7 Å². The van der Waals surface area contributed by atoms with Crippen LogP contribution in [0.4, 0.5) is 0 Å². The zero-order chi connectivity index (χ0) is 13.4. The van der Waals surface area contributed by atoms with Crippen molar-refractivity contribution >= 4 is 35.8 Å². The number of halogens is 1. The Morgan fingerprint density at radius 2 is 2.05 bits per heavy atom. The first-order chi connectivity index (χ1) is 8.67. The minimum absolute atomic E-state index is 0. The van der Waals surface area contributed by atoms with Gasteiger partial charge in [0.05, 0.1) is 0 Å². The highest BCUT2D eigenvalue weighted by Gasteiger charge is 2.22. The van der Waals surface area contributed by atoms with Crippen molar-refractivity contribution in [2.24, 2.45) is 4.99 Å². The van der Waals surface area contributed by atoms with Gasteiger partial charge >= 0.3 is 0 Å². The summed E-state index contributed by atoms with van der Waals surface area (Å²) in [6, 6.07) is 0.410. The molecule has 0 aliphatic heterocycles. The lowest BCUT2D eigenvalue weighted by atomic mass is 10.3. The second kappa shape index (κ2) is 10.3. The van der Waals surface area contributed by atoms with Crippen molar-refractivity contribution in [1.29, 1.82) is 0 Å². The van der Waals surface area contributed by atoms with E-state index in [9.17, 15) is 4.79 Å². The summed E-state index contributed by atoms with van der Waals surface area (Å²) in [4.78, 5) is 18.0. The molecule has 1 fully saturated rings. The van der Waals surface area contributed by atoms with Gasteiger partial charge in [0.15, 0.2) is 5.96 Å². The third-order valence-electron chi connectivity index (χ3n) is 2.86. The van der Waals surface area contributed by atoms with Crippen LogP contribution in [0, 0.1) is 0 Å². The van der Waals surface area contributed by atoms with Crippen molar-refractivity contribution in [3.8, 4) is 0 Å². The minimum Gasteiger partial charge on any atom is -0.357 e. The first-order valence-corrected chi connectivity index (χ1v) is 6.96. The molecule has 6 heteroatoms. The highest BCUT2D eigenvalue weighted by Crippen LogP contribution is 2.18. The summed E-state index contributed by atoms with van der Waals surface area (Å²) < 4.78 is 0. The second-order valence-electron chi connectivity index (χ2n) is 4.79. The van der Waals surface area contributed by atoms with Gasteiger partial charge in [0.25, 0.3) is 0 Å². The molecular weight excluding hydrogens is 355 g/mol. The first-order valence-electron chi connectivity index (χ1n) is 6.96. The summed E-state index contributed by atoms with van der Waals surface area (Å²) in [6.07, 6.45) is 4.53. The molecule has 1 rings (SSSR count). The van der Waals surface area contributed by atoms with Gasteiger partial charge in [-0.05, 0) is 26.2 Å². The predicted molar refractivity (Wildman–Crippen MR) is 90.1 cm³/mol. The van der Waals surface area contributed by atoms with Gasteiger partial charge in [0.2, 0.25) is 5.91 Å². The van der Waals surface area contributed by atoms with E-state index in [2.05, 4.69) is 27.4 Å². The molecule has 0 aromatic rings. The van der Waals surface area contributed by atoms with Crippen molar-refractivity contribution in [3.05, 3.63) is 0 Å². The molecule has 0 heterocycles. The molecule has 2 N–H and O–H groups in total. The van der Waals surface area contributed by atoms with E-state index in [1.165, 1.54) is 0 Å². The maximum atomic E-state index is 11.6. The number of guanidine groups is 1. The van der Waals surface area contributed by atoms with Crippen LogP contribution in [-0.4, -0.2) is 49.5 Å². The molecule has 0 saturated heterocycles. The van der Waals surface area contributed by atoms with Crippen LogP contribution in [0.5, 0.6) is 0 Å². The highest BCUT2D eigenvalue weighted by molar-refractivity contribution is 14.0. The second-order valence-corrected chi connectivity index (χ2v) is 4.79. The van der Waals surface area contributed by atoms with Gasteiger partial charge in [-0.2, -0.15) is 0 Å². The molecule has 0 unspecified atom stereocenters. The van der Waals surface area contributed by atoms with Crippen LogP contribution in [0.1, 0.15) is 39.5 Å². The van der Waals surface area contributed by atoms with E-state index in [0.717, 1.165) is 44.7 Å². The summed E-state index contributed by atoms with van der Waals surface area (Å²) in [7, 11) is 2.01. The zero-order valence-corrected chi connectivity index (χ0v) is 14.6. The average molecular weight is 382 g/mol. The van der Waals surface area contributed by atoms with Crippen molar-refractivity contribution < 1.29 is 4.79 Å². The SMILES string of the molecule is CCCCN(C)C(=NCC(=O)NC1CC1)NCC.I. The Morgan fingerprint density at radius 3 is 2.58 bits per heavy atom. The van der Waals surface area contributed by atoms with E-state index < -0.39 is 0 Å². The van der Waals surface area contributed by atoms with Gasteiger partial charge in [-0.25, -0.2) is 4.99 Å². The van der Waals surface area contributed by atoms with E-state index in [-0.39, 0.29) is 36.4 Å². The quantitative estimate of drug-likeness (QED) is 0.399. The van der Waals surface area contributed by atoms with Gasteiger partial charge in [0.1, 0.15) is 6.54 Å². The standard InChI is InChI=1S/C13H26N4O.HI/c1-4-6-9-17(3)13(14-5-2)15-10-12(18)16-11-7-8-11;/h11H,4-10H2,1-3H3,(H,14,15)(H,16,18);1H. The summed E-state index contributed by atoms with van der Waals surface area (Å²) >= 11 is 0. The number of aliphatic imine (C=N–C) groups is 1. The highest BCUT2D eigenvalue weighted by atomic mass is 127. The average Bonchev–Trinajstić information content (AvgIpc) is 3.15. The van der Waals surface area contributed by atoms with E-state index in [1.54, 1.807) is 0 Å². The van der Waals surface area contributed by atoms with E-state index in [1.807, 2.05) is 14.0 Å². The Morgan fingerprint density at radius 1 is 1.37 bits per heavy atom. The number of nitrogens with one attached hydrogen (secondary N) is 2. The molecule has 19 heavy (non-hydrogen) atoms. The molecule has 0 aromatic heterocycles. The normalized spacial score (nSPS) is 14.6. The monoisotopic (exact) mass is 382 g/mol. The minimum atomic E-state index is 0. The molecule has 5 nitrogen and oxygen atoms in total. The third kappa shape index (κ3) is 8.28. The third-order valence-corrected chi connectivity index (χ3v) is 2.86. The maximum Gasteiger partial charge on any atom is 0.242 e. The van der Waals surface area contributed by atoms with Crippen LogP contribution >= 0.6 is 24.0 Å². The molecule has 0 spiro atoms. The predicted octanol–water partition coefficient (Wildman–Crippen LogP) is 1.58. The maximum absolute atomic E-state index is 11.6. The molecule has 0 radical (unpaired) electrons. The van der Waals surface area contributed by atoms with Crippen molar-refractivity contribution in [3.63, 3.8) is 0 Å². The Kier molecular flexibility index (Phi) is 9.99. The van der Waals surface area contributed by atoms with Gasteiger partial charge in [-0.15, -0.1) is 24.0 Å². The Labute approximate surface area is 133 Å². The molecule has 112 valence electrons. The van der Waals surface area contributed by atoms with Crippen LogP contribution in [0.25, 0.3) is 0 Å². The summed E-state index contributed by atoms with van der Waals surface area (Å²) in [5.41, 5.74) is 0. The fourth-order valence-corrected chi connectivity index (χ4v) is 1.62. The number of hydrogen-bond acceptors (Lipinski definition) is 2. The molecule has 0 atom stereocenters. The van der Waals surface area contributed by atoms with Crippen molar-refractivity contribution in [2.45, 2.75) is 45.6 Å². The van der Waals surface area contributed by atoms with E-state index in [0.29, 0.717) is 6.04 Å². The lowest BCUT2D eigenvalue weighted by Gasteiger charge is -2.21.